The molecule has 1 heterocycles. The van der Waals surface area contributed by atoms with Crippen LogP contribution in [0.3, 0.4) is 0 Å². The number of aromatic nitrogens is 1. The third-order valence-electron chi connectivity index (χ3n) is 3.58. The van der Waals surface area contributed by atoms with Gasteiger partial charge in [0.15, 0.2) is 0 Å². The number of esters is 1. The maximum atomic E-state index is 12.1. The fraction of sp³-hybridized carbons (Fsp3) is 0.158. The van der Waals surface area contributed by atoms with Gasteiger partial charge in [0, 0.05) is 10.9 Å². The van der Waals surface area contributed by atoms with Crippen molar-refractivity contribution >= 4 is 16.9 Å². The Hall–Kier alpha value is -2.88. The van der Waals surface area contributed by atoms with Crippen molar-refractivity contribution in [2.75, 3.05) is 13.7 Å². The lowest BCUT2D eigenvalue weighted by molar-refractivity contribution is 0.0603. The van der Waals surface area contributed by atoms with E-state index in [1.54, 1.807) is 6.07 Å². The van der Waals surface area contributed by atoms with Gasteiger partial charge < -0.3 is 9.47 Å². The lowest BCUT2D eigenvalue weighted by Crippen LogP contribution is -2.03. The Kier molecular flexibility index (Phi) is 4.24. The summed E-state index contributed by atoms with van der Waals surface area (Å²) < 4.78 is 10.4. The maximum absolute atomic E-state index is 12.1. The van der Waals surface area contributed by atoms with Gasteiger partial charge in [0.05, 0.1) is 30.5 Å². The van der Waals surface area contributed by atoms with Crippen molar-refractivity contribution < 1.29 is 14.3 Å². The van der Waals surface area contributed by atoms with Gasteiger partial charge in [0.1, 0.15) is 5.75 Å². The molecule has 1 aromatic heterocycles. The van der Waals surface area contributed by atoms with Gasteiger partial charge in [-0.1, -0.05) is 18.2 Å². The summed E-state index contributed by atoms with van der Waals surface area (Å²) in [5.41, 5.74) is 2.93. The van der Waals surface area contributed by atoms with Crippen LogP contribution in [-0.2, 0) is 4.74 Å². The van der Waals surface area contributed by atoms with Gasteiger partial charge in [-0.25, -0.2) is 9.78 Å². The predicted molar refractivity (Wildman–Crippen MR) is 89.7 cm³/mol. The molecule has 0 radical (unpaired) electrons. The number of hydrogen-bond donors (Lipinski definition) is 0. The van der Waals surface area contributed by atoms with E-state index in [-0.39, 0.29) is 5.97 Å². The molecule has 0 N–H and O–H groups in total. The van der Waals surface area contributed by atoms with Crippen molar-refractivity contribution in [2.45, 2.75) is 6.92 Å². The van der Waals surface area contributed by atoms with E-state index in [0.717, 1.165) is 27.9 Å². The highest BCUT2D eigenvalue weighted by molar-refractivity contribution is 6.04. The van der Waals surface area contributed by atoms with Gasteiger partial charge in [-0.2, -0.15) is 0 Å². The summed E-state index contributed by atoms with van der Waals surface area (Å²) in [5.74, 6) is 0.445. The summed E-state index contributed by atoms with van der Waals surface area (Å²) >= 11 is 0. The molecule has 0 bridgehead atoms. The zero-order valence-corrected chi connectivity index (χ0v) is 13.1. The van der Waals surface area contributed by atoms with E-state index in [2.05, 4.69) is 4.98 Å². The summed E-state index contributed by atoms with van der Waals surface area (Å²) in [6.07, 6.45) is 0. The minimum Gasteiger partial charge on any atom is -0.494 e. The van der Waals surface area contributed by atoms with Crippen molar-refractivity contribution in [3.05, 3.63) is 60.2 Å². The molecule has 0 aliphatic rings. The van der Waals surface area contributed by atoms with Gasteiger partial charge in [-0.3, -0.25) is 0 Å². The normalized spacial score (nSPS) is 10.5. The Balaban J connectivity index is 2.12. The van der Waals surface area contributed by atoms with Crippen LogP contribution in [-0.4, -0.2) is 24.7 Å². The van der Waals surface area contributed by atoms with Gasteiger partial charge in [-0.05, 0) is 43.3 Å². The molecule has 2 aromatic carbocycles. The number of nitrogens with zero attached hydrogens (tertiary/aromatic N) is 1. The Morgan fingerprint density at radius 3 is 2.52 bits per heavy atom. The first-order valence-corrected chi connectivity index (χ1v) is 7.44. The predicted octanol–water partition coefficient (Wildman–Crippen LogP) is 4.09. The number of para-hydroxylation sites is 1. The fourth-order valence-corrected chi connectivity index (χ4v) is 2.49. The van der Waals surface area contributed by atoms with Crippen molar-refractivity contribution in [2.24, 2.45) is 0 Å². The highest BCUT2D eigenvalue weighted by Gasteiger charge is 2.14. The Labute approximate surface area is 134 Å². The van der Waals surface area contributed by atoms with Gasteiger partial charge >= 0.3 is 5.97 Å². The van der Waals surface area contributed by atoms with Crippen LogP contribution in [0.15, 0.2) is 54.6 Å². The first kappa shape index (κ1) is 15.0. The van der Waals surface area contributed by atoms with Gasteiger partial charge in [0.2, 0.25) is 0 Å². The molecule has 3 rings (SSSR count). The number of rotatable bonds is 4. The first-order valence-electron chi connectivity index (χ1n) is 7.44. The molecule has 4 nitrogen and oxygen atoms in total. The summed E-state index contributed by atoms with van der Waals surface area (Å²) in [4.78, 5) is 16.7. The van der Waals surface area contributed by atoms with Crippen LogP contribution < -0.4 is 4.74 Å². The number of carbonyl (C=O) groups excluding carboxylic acids is 1. The minimum absolute atomic E-state index is 0.365. The molecule has 23 heavy (non-hydrogen) atoms. The molecule has 0 fully saturated rings. The van der Waals surface area contributed by atoms with Gasteiger partial charge in [0.25, 0.3) is 0 Å². The van der Waals surface area contributed by atoms with E-state index in [1.165, 1.54) is 7.11 Å². The van der Waals surface area contributed by atoms with Crippen LogP contribution in [0.25, 0.3) is 22.2 Å². The Morgan fingerprint density at radius 2 is 1.83 bits per heavy atom. The SMILES string of the molecule is CCOc1ccc(-c2cc(C(=O)OC)c3ccccc3n2)cc1. The van der Waals surface area contributed by atoms with Crippen LogP contribution in [0.1, 0.15) is 17.3 Å². The third kappa shape index (κ3) is 3.01. The molecule has 0 unspecified atom stereocenters. The van der Waals surface area contributed by atoms with Crippen LogP contribution in [0.2, 0.25) is 0 Å². The molecule has 116 valence electrons. The summed E-state index contributed by atoms with van der Waals surface area (Å²) in [6, 6.07) is 17.0. The highest BCUT2D eigenvalue weighted by atomic mass is 16.5. The molecule has 0 saturated carbocycles. The number of ether oxygens (including phenoxy) is 2. The number of pyridine rings is 1. The molecule has 0 atom stereocenters. The average Bonchev–Trinajstić information content (AvgIpc) is 2.61. The number of methoxy groups -OCH3 is 1. The zero-order chi connectivity index (χ0) is 16.2. The number of fused-ring (bicyclic) bond motifs is 1. The monoisotopic (exact) mass is 307 g/mol. The molecular formula is C19H17NO3. The second-order valence-electron chi connectivity index (χ2n) is 5.02. The van der Waals surface area contributed by atoms with Crippen molar-refractivity contribution in [1.82, 2.24) is 4.98 Å². The van der Waals surface area contributed by atoms with E-state index in [9.17, 15) is 4.79 Å². The smallest absolute Gasteiger partial charge is 0.338 e. The second-order valence-corrected chi connectivity index (χ2v) is 5.02. The quantitative estimate of drug-likeness (QED) is 0.681. The van der Waals surface area contributed by atoms with E-state index in [1.807, 2.05) is 55.5 Å². The number of carbonyl (C=O) groups is 1. The lowest BCUT2D eigenvalue weighted by Gasteiger charge is -2.09. The fourth-order valence-electron chi connectivity index (χ4n) is 2.49. The van der Waals surface area contributed by atoms with E-state index >= 15 is 0 Å². The standard InChI is InChI=1S/C19H17NO3/c1-3-23-14-10-8-13(9-11-14)18-12-16(19(21)22-2)15-6-4-5-7-17(15)20-18/h4-12H,3H2,1-2H3. The van der Waals surface area contributed by atoms with E-state index in [4.69, 9.17) is 9.47 Å². The summed E-state index contributed by atoms with van der Waals surface area (Å²) in [5, 5.41) is 0.786. The van der Waals surface area contributed by atoms with Crippen molar-refractivity contribution in [3.63, 3.8) is 0 Å². The van der Waals surface area contributed by atoms with Gasteiger partial charge in [-0.15, -0.1) is 0 Å². The minimum atomic E-state index is -0.365. The number of hydrogen-bond acceptors (Lipinski definition) is 4. The number of benzene rings is 2. The largest absolute Gasteiger partial charge is 0.494 e. The zero-order valence-electron chi connectivity index (χ0n) is 13.1. The lowest BCUT2D eigenvalue weighted by atomic mass is 10.0. The molecule has 0 saturated heterocycles. The summed E-state index contributed by atoms with van der Waals surface area (Å²) in [7, 11) is 1.38. The molecule has 0 aliphatic heterocycles. The second kappa shape index (κ2) is 6.48. The van der Waals surface area contributed by atoms with Crippen molar-refractivity contribution in [3.8, 4) is 17.0 Å². The third-order valence-corrected chi connectivity index (χ3v) is 3.58. The molecule has 0 aliphatic carbocycles. The molecule has 0 amide bonds. The molecule has 0 spiro atoms. The first-order chi connectivity index (χ1) is 11.2. The Morgan fingerprint density at radius 1 is 1.09 bits per heavy atom. The Bertz CT molecular complexity index is 841. The maximum Gasteiger partial charge on any atom is 0.338 e. The van der Waals surface area contributed by atoms with Crippen molar-refractivity contribution in [1.29, 1.82) is 0 Å². The van der Waals surface area contributed by atoms with Crippen LogP contribution >= 0.6 is 0 Å². The van der Waals surface area contributed by atoms with Crippen LogP contribution in [0, 0.1) is 0 Å². The topological polar surface area (TPSA) is 48.4 Å². The van der Waals surface area contributed by atoms with E-state index in [0.29, 0.717) is 12.2 Å². The highest BCUT2D eigenvalue weighted by Crippen LogP contribution is 2.26. The summed E-state index contributed by atoms with van der Waals surface area (Å²) in [6.45, 7) is 2.57. The van der Waals surface area contributed by atoms with Crippen LogP contribution in [0.5, 0.6) is 5.75 Å². The molecule has 3 aromatic rings. The van der Waals surface area contributed by atoms with Crippen LogP contribution in [0.4, 0.5) is 0 Å². The van der Waals surface area contributed by atoms with E-state index < -0.39 is 0 Å². The average molecular weight is 307 g/mol. The molecule has 4 heteroatoms. The molecular weight excluding hydrogens is 290 g/mol.